The van der Waals surface area contributed by atoms with Gasteiger partial charge in [-0.05, 0) is 6.92 Å². The van der Waals surface area contributed by atoms with Gasteiger partial charge in [0.1, 0.15) is 0 Å². The summed E-state index contributed by atoms with van der Waals surface area (Å²) >= 11 is 0. The number of rotatable bonds is 1. The van der Waals surface area contributed by atoms with Crippen molar-refractivity contribution in [1.82, 2.24) is 0 Å². The molecule has 0 aromatic rings. The van der Waals surface area contributed by atoms with Crippen LogP contribution in [0.4, 0.5) is 0 Å². The fourth-order valence-electron chi connectivity index (χ4n) is 0.874. The van der Waals surface area contributed by atoms with E-state index in [1.807, 2.05) is 0 Å². The maximum Gasteiger partial charge on any atom is 0.377 e. The van der Waals surface area contributed by atoms with E-state index in [0.29, 0.717) is 0 Å². The van der Waals surface area contributed by atoms with Crippen molar-refractivity contribution >= 4 is 11.8 Å². The maximum atomic E-state index is 11.0. The summed E-state index contributed by atoms with van der Waals surface area (Å²) in [6, 6.07) is 0. The molecule has 0 atom stereocenters. The average Bonchev–Trinajstić information content (AvgIpc) is 2.03. The molecule has 0 aromatic heterocycles. The Kier molecular flexibility index (Phi) is 1.92. The molecular weight excluding hydrogens is 160 g/mol. The van der Waals surface area contributed by atoms with Crippen LogP contribution in [0.3, 0.4) is 0 Å². The van der Waals surface area contributed by atoms with Gasteiger partial charge >= 0.3 is 5.97 Å². The minimum absolute atomic E-state index is 0.0208. The summed E-state index contributed by atoms with van der Waals surface area (Å²) in [5, 5.41) is 0. The monoisotopic (exact) mass is 170 g/mol. The van der Waals surface area contributed by atoms with Gasteiger partial charge in [0, 0.05) is 19.9 Å². The number of hydrogen-bond donors (Lipinski definition) is 0. The van der Waals surface area contributed by atoms with Crippen molar-refractivity contribution in [1.29, 1.82) is 0 Å². The third-order valence-electron chi connectivity index (χ3n) is 1.23. The van der Waals surface area contributed by atoms with Crippen molar-refractivity contribution in [2.45, 2.75) is 26.6 Å². The molecule has 0 aromatic carbocycles. The fourth-order valence-corrected chi connectivity index (χ4v) is 0.874. The maximum absolute atomic E-state index is 11.0. The second-order valence-electron chi connectivity index (χ2n) is 3.01. The zero-order valence-corrected chi connectivity index (χ0v) is 7.21. The summed E-state index contributed by atoms with van der Waals surface area (Å²) in [6.07, 6.45) is 1.12. The second kappa shape index (κ2) is 2.62. The van der Waals surface area contributed by atoms with Crippen molar-refractivity contribution < 1.29 is 19.1 Å². The van der Waals surface area contributed by atoms with Crippen molar-refractivity contribution in [3.05, 3.63) is 11.8 Å². The van der Waals surface area contributed by atoms with E-state index in [0.717, 1.165) is 6.08 Å². The van der Waals surface area contributed by atoms with Crippen molar-refractivity contribution in [3.8, 4) is 0 Å². The van der Waals surface area contributed by atoms with Crippen LogP contribution >= 0.6 is 0 Å². The van der Waals surface area contributed by atoms with Gasteiger partial charge in [0.05, 0.1) is 0 Å². The Balaban J connectivity index is 2.84. The van der Waals surface area contributed by atoms with Crippen LogP contribution in [-0.2, 0) is 19.1 Å². The molecule has 1 aliphatic heterocycles. The highest BCUT2D eigenvalue weighted by atomic mass is 16.8. The molecule has 0 radical (unpaired) electrons. The van der Waals surface area contributed by atoms with Gasteiger partial charge in [-0.25, -0.2) is 4.79 Å². The molecule has 4 heteroatoms. The summed E-state index contributed by atoms with van der Waals surface area (Å²) < 4.78 is 9.82. The zero-order valence-electron chi connectivity index (χ0n) is 7.21. The molecule has 0 spiro atoms. The van der Waals surface area contributed by atoms with Crippen LogP contribution in [0.1, 0.15) is 20.8 Å². The number of hydrogen-bond acceptors (Lipinski definition) is 4. The third kappa shape index (κ3) is 1.84. The Bertz CT molecular complexity index is 262. The van der Waals surface area contributed by atoms with E-state index in [-0.39, 0.29) is 11.5 Å². The lowest BCUT2D eigenvalue weighted by Gasteiger charge is -2.13. The highest BCUT2D eigenvalue weighted by Gasteiger charge is 2.37. The molecule has 0 amide bonds. The van der Waals surface area contributed by atoms with Gasteiger partial charge in [0.25, 0.3) is 0 Å². The van der Waals surface area contributed by atoms with Crippen LogP contribution in [0.2, 0.25) is 0 Å². The molecule has 1 fully saturated rings. The van der Waals surface area contributed by atoms with Gasteiger partial charge in [-0.2, -0.15) is 0 Å². The molecule has 0 N–H and O–H groups in total. The Morgan fingerprint density at radius 1 is 1.42 bits per heavy atom. The molecule has 1 rings (SSSR count). The molecule has 12 heavy (non-hydrogen) atoms. The SMILES string of the molecule is CC(=O)C=C1OC(C)(C)OC1=O. The molecule has 1 aliphatic rings. The fraction of sp³-hybridized carbons (Fsp3) is 0.500. The Morgan fingerprint density at radius 2 is 2.00 bits per heavy atom. The lowest BCUT2D eigenvalue weighted by molar-refractivity contribution is -0.159. The molecule has 0 saturated carbocycles. The number of ketones is 1. The van der Waals surface area contributed by atoms with Gasteiger partial charge in [0.15, 0.2) is 5.78 Å². The molecule has 66 valence electrons. The average molecular weight is 170 g/mol. The predicted molar refractivity (Wildman–Crippen MR) is 40.0 cm³/mol. The molecule has 1 heterocycles. The standard InChI is InChI=1S/C8H10O4/c1-5(9)4-6-7(10)12-8(2,3)11-6/h4H,1-3H3. The third-order valence-corrected chi connectivity index (χ3v) is 1.23. The number of carbonyl (C=O) groups is 2. The lowest BCUT2D eigenvalue weighted by Crippen LogP contribution is -2.19. The normalized spacial score (nSPS) is 23.6. The van der Waals surface area contributed by atoms with Gasteiger partial charge in [-0.3, -0.25) is 4.79 Å². The minimum Gasteiger partial charge on any atom is -0.445 e. The van der Waals surface area contributed by atoms with Crippen LogP contribution in [0.15, 0.2) is 11.8 Å². The predicted octanol–water partition coefficient (Wildman–Crippen LogP) is 0.769. The van der Waals surface area contributed by atoms with Crippen LogP contribution < -0.4 is 0 Å². The summed E-state index contributed by atoms with van der Waals surface area (Å²) in [4.78, 5) is 21.5. The Morgan fingerprint density at radius 3 is 2.33 bits per heavy atom. The number of cyclic esters (lactones) is 1. The number of ether oxygens (including phenoxy) is 2. The van der Waals surface area contributed by atoms with Crippen LogP contribution in [0.25, 0.3) is 0 Å². The summed E-state index contributed by atoms with van der Waals surface area (Å²) in [6.45, 7) is 4.55. The van der Waals surface area contributed by atoms with E-state index >= 15 is 0 Å². The first-order valence-electron chi connectivity index (χ1n) is 3.55. The summed E-state index contributed by atoms with van der Waals surface area (Å²) in [7, 11) is 0. The van der Waals surface area contributed by atoms with Gasteiger partial charge in [-0.15, -0.1) is 0 Å². The first kappa shape index (κ1) is 8.77. The van der Waals surface area contributed by atoms with Gasteiger partial charge in [-0.1, -0.05) is 0 Å². The first-order chi connectivity index (χ1) is 5.41. The largest absolute Gasteiger partial charge is 0.445 e. The van der Waals surface area contributed by atoms with E-state index in [9.17, 15) is 9.59 Å². The summed E-state index contributed by atoms with van der Waals surface area (Å²) in [5.41, 5.74) is 0. The van der Waals surface area contributed by atoms with E-state index in [2.05, 4.69) is 0 Å². The lowest BCUT2D eigenvalue weighted by atomic mass is 10.3. The molecule has 1 saturated heterocycles. The quantitative estimate of drug-likeness (QED) is 0.431. The van der Waals surface area contributed by atoms with Crippen molar-refractivity contribution in [2.75, 3.05) is 0 Å². The van der Waals surface area contributed by atoms with E-state index in [1.165, 1.54) is 6.92 Å². The Labute approximate surface area is 70.1 Å². The molecule has 0 bridgehead atoms. The molecular formula is C8H10O4. The van der Waals surface area contributed by atoms with Crippen LogP contribution in [0.5, 0.6) is 0 Å². The highest BCUT2D eigenvalue weighted by Crippen LogP contribution is 2.25. The zero-order chi connectivity index (χ0) is 9.35. The molecule has 0 aliphatic carbocycles. The first-order valence-corrected chi connectivity index (χ1v) is 3.55. The topological polar surface area (TPSA) is 52.6 Å². The van der Waals surface area contributed by atoms with Gasteiger partial charge < -0.3 is 9.47 Å². The number of carbonyl (C=O) groups excluding carboxylic acids is 2. The van der Waals surface area contributed by atoms with Crippen molar-refractivity contribution in [3.63, 3.8) is 0 Å². The molecule has 4 nitrogen and oxygen atoms in total. The second-order valence-corrected chi connectivity index (χ2v) is 3.01. The highest BCUT2D eigenvalue weighted by molar-refractivity contribution is 5.97. The minimum atomic E-state index is -0.946. The van der Waals surface area contributed by atoms with E-state index in [1.54, 1.807) is 13.8 Å². The molecule has 0 unspecified atom stereocenters. The van der Waals surface area contributed by atoms with Gasteiger partial charge in [0.2, 0.25) is 11.5 Å². The smallest absolute Gasteiger partial charge is 0.377 e. The van der Waals surface area contributed by atoms with E-state index in [4.69, 9.17) is 9.47 Å². The number of allylic oxidation sites excluding steroid dienone is 1. The Hall–Kier alpha value is -1.32. The number of esters is 1. The van der Waals surface area contributed by atoms with Crippen molar-refractivity contribution in [2.24, 2.45) is 0 Å². The van der Waals surface area contributed by atoms with E-state index < -0.39 is 11.8 Å². The van der Waals surface area contributed by atoms with Crippen LogP contribution in [-0.4, -0.2) is 17.5 Å². The summed E-state index contributed by atoms with van der Waals surface area (Å²) in [5.74, 6) is -1.79. The van der Waals surface area contributed by atoms with Crippen LogP contribution in [0, 0.1) is 0 Å².